The second-order valence-corrected chi connectivity index (χ2v) is 6.17. The normalized spacial score (nSPS) is 13.4. The van der Waals surface area contributed by atoms with E-state index in [1.165, 1.54) is 0 Å². The van der Waals surface area contributed by atoms with E-state index in [9.17, 15) is 4.79 Å². The van der Waals surface area contributed by atoms with Crippen LogP contribution in [0.2, 0.25) is 0 Å². The van der Waals surface area contributed by atoms with E-state index < -0.39 is 0 Å². The summed E-state index contributed by atoms with van der Waals surface area (Å²) in [7, 11) is 0. The summed E-state index contributed by atoms with van der Waals surface area (Å²) < 4.78 is 0. The molecule has 4 heteroatoms. The number of fused-ring (bicyclic) bond motifs is 1. The lowest BCUT2D eigenvalue weighted by Gasteiger charge is -2.30. The summed E-state index contributed by atoms with van der Waals surface area (Å²) in [5.74, 6) is -0.130. The first-order valence-corrected chi connectivity index (χ1v) is 6.91. The fourth-order valence-corrected chi connectivity index (χ4v) is 2.28. The van der Waals surface area contributed by atoms with Crippen LogP contribution in [0.1, 0.15) is 37.7 Å². The monoisotopic (exact) mass is 274 g/mol. The maximum atomic E-state index is 12.3. The van der Waals surface area contributed by atoms with Crippen LogP contribution in [0.25, 0.3) is 10.9 Å². The highest BCUT2D eigenvalue weighted by Crippen LogP contribution is 2.22. The molecule has 0 bridgehead atoms. The van der Waals surface area contributed by atoms with E-state index in [-0.39, 0.29) is 24.0 Å². The first-order valence-electron chi connectivity index (χ1n) is 6.91. The third-order valence-electron chi connectivity index (χ3n) is 3.54. The number of para-hydroxylation sites is 1. The number of hydrogen-bond acceptors (Lipinski definition) is 2. The van der Waals surface area contributed by atoms with E-state index in [1.54, 1.807) is 0 Å². The molecule has 1 aromatic carbocycles. The van der Waals surface area contributed by atoms with E-state index in [0.29, 0.717) is 12.1 Å². The summed E-state index contributed by atoms with van der Waals surface area (Å²) in [5, 5.41) is 13.2. The minimum atomic E-state index is -0.130. The minimum absolute atomic E-state index is 0.0635. The number of aliphatic hydroxyl groups excluding tert-OH is 1. The number of benzene rings is 1. The number of aliphatic hydroxyl groups is 1. The van der Waals surface area contributed by atoms with E-state index in [4.69, 9.17) is 5.11 Å². The summed E-state index contributed by atoms with van der Waals surface area (Å²) in [6.07, 6.45) is 0.551. The molecular weight excluding hydrogens is 252 g/mol. The Hall–Kier alpha value is -1.81. The van der Waals surface area contributed by atoms with Crippen LogP contribution in [0, 0.1) is 5.41 Å². The van der Waals surface area contributed by atoms with Gasteiger partial charge < -0.3 is 15.4 Å². The van der Waals surface area contributed by atoms with Crippen LogP contribution in [-0.4, -0.2) is 28.6 Å². The van der Waals surface area contributed by atoms with E-state index in [0.717, 1.165) is 10.9 Å². The van der Waals surface area contributed by atoms with Crippen molar-refractivity contribution in [3.63, 3.8) is 0 Å². The van der Waals surface area contributed by atoms with Crippen molar-refractivity contribution in [2.24, 2.45) is 5.41 Å². The van der Waals surface area contributed by atoms with Gasteiger partial charge in [0.15, 0.2) is 0 Å². The van der Waals surface area contributed by atoms with Crippen LogP contribution in [0.4, 0.5) is 0 Å². The smallest absolute Gasteiger partial charge is 0.267 e. The Bertz CT molecular complexity index is 563. The Morgan fingerprint density at radius 1 is 1.35 bits per heavy atom. The Morgan fingerprint density at radius 3 is 2.65 bits per heavy atom. The number of hydrogen-bond donors (Lipinski definition) is 3. The molecule has 1 heterocycles. The van der Waals surface area contributed by atoms with Crippen LogP contribution in [0.3, 0.4) is 0 Å². The van der Waals surface area contributed by atoms with Crippen LogP contribution < -0.4 is 5.32 Å². The third kappa shape index (κ3) is 3.20. The van der Waals surface area contributed by atoms with Gasteiger partial charge in [-0.1, -0.05) is 39.0 Å². The molecule has 1 atom stereocenters. The molecule has 20 heavy (non-hydrogen) atoms. The second-order valence-electron chi connectivity index (χ2n) is 6.17. The minimum Gasteiger partial charge on any atom is -0.396 e. The summed E-state index contributed by atoms with van der Waals surface area (Å²) in [4.78, 5) is 15.4. The molecule has 1 unspecified atom stereocenters. The molecule has 0 saturated heterocycles. The number of amides is 1. The zero-order chi connectivity index (χ0) is 14.8. The fraction of sp³-hybridized carbons (Fsp3) is 0.438. The molecule has 108 valence electrons. The second kappa shape index (κ2) is 5.67. The fourth-order valence-electron chi connectivity index (χ4n) is 2.28. The molecule has 2 aromatic rings. The predicted molar refractivity (Wildman–Crippen MR) is 80.7 cm³/mol. The van der Waals surface area contributed by atoms with Crippen LogP contribution in [0.5, 0.6) is 0 Å². The third-order valence-corrected chi connectivity index (χ3v) is 3.54. The highest BCUT2D eigenvalue weighted by molar-refractivity contribution is 5.98. The molecule has 1 amide bonds. The van der Waals surface area contributed by atoms with Gasteiger partial charge in [0, 0.05) is 23.6 Å². The van der Waals surface area contributed by atoms with Gasteiger partial charge in [-0.25, -0.2) is 0 Å². The zero-order valence-electron chi connectivity index (χ0n) is 12.2. The highest BCUT2D eigenvalue weighted by Gasteiger charge is 2.26. The van der Waals surface area contributed by atoms with E-state index in [2.05, 4.69) is 31.1 Å². The lowest BCUT2D eigenvalue weighted by Crippen LogP contribution is -2.44. The van der Waals surface area contributed by atoms with Crippen LogP contribution in [-0.2, 0) is 0 Å². The molecule has 0 fully saturated rings. The number of aromatic nitrogens is 1. The summed E-state index contributed by atoms with van der Waals surface area (Å²) in [6.45, 7) is 6.23. The van der Waals surface area contributed by atoms with Gasteiger partial charge in [0.05, 0.1) is 0 Å². The van der Waals surface area contributed by atoms with E-state index >= 15 is 0 Å². The van der Waals surface area contributed by atoms with Crippen molar-refractivity contribution in [3.05, 3.63) is 36.0 Å². The zero-order valence-corrected chi connectivity index (χ0v) is 12.2. The van der Waals surface area contributed by atoms with Crippen molar-refractivity contribution < 1.29 is 9.90 Å². The molecule has 2 rings (SSSR count). The number of rotatable bonds is 4. The SMILES string of the molecule is CC(C)(C)C(CCO)NC(=O)c1cc2ccccc2[nH]1. The molecular formula is C16H22N2O2. The first kappa shape index (κ1) is 14.6. The molecule has 0 saturated carbocycles. The lowest BCUT2D eigenvalue weighted by molar-refractivity contribution is 0.0881. The number of aromatic amines is 1. The number of H-pyrrole nitrogens is 1. The Morgan fingerprint density at radius 2 is 2.05 bits per heavy atom. The molecule has 0 radical (unpaired) electrons. The Balaban J connectivity index is 2.18. The van der Waals surface area contributed by atoms with Gasteiger partial charge in [0.25, 0.3) is 5.91 Å². The molecule has 1 aromatic heterocycles. The van der Waals surface area contributed by atoms with Crippen molar-refractivity contribution in [1.29, 1.82) is 0 Å². The predicted octanol–water partition coefficient (Wildman–Crippen LogP) is 2.69. The van der Waals surface area contributed by atoms with Crippen molar-refractivity contribution in [3.8, 4) is 0 Å². The van der Waals surface area contributed by atoms with E-state index in [1.807, 2.05) is 30.3 Å². The van der Waals surface area contributed by atoms with Crippen LogP contribution in [0.15, 0.2) is 30.3 Å². The number of nitrogens with one attached hydrogen (secondary N) is 2. The molecule has 0 aliphatic heterocycles. The van der Waals surface area contributed by atoms with Crippen molar-refractivity contribution >= 4 is 16.8 Å². The van der Waals surface area contributed by atoms with Crippen molar-refractivity contribution in [2.45, 2.75) is 33.2 Å². The standard InChI is InChI=1S/C16H22N2O2/c1-16(2,3)14(8-9-19)18-15(20)13-10-11-6-4-5-7-12(11)17-13/h4-7,10,14,17,19H,8-9H2,1-3H3,(H,18,20). The Kier molecular flexibility index (Phi) is 4.14. The van der Waals surface area contributed by atoms with Crippen LogP contribution >= 0.6 is 0 Å². The maximum Gasteiger partial charge on any atom is 0.267 e. The average molecular weight is 274 g/mol. The quantitative estimate of drug-likeness (QED) is 0.802. The van der Waals surface area contributed by atoms with Crippen molar-refractivity contribution in [1.82, 2.24) is 10.3 Å². The first-order chi connectivity index (χ1) is 9.41. The number of carbonyl (C=O) groups is 1. The molecule has 0 aliphatic carbocycles. The van der Waals surface area contributed by atoms with Gasteiger partial charge in [-0.3, -0.25) is 4.79 Å². The van der Waals surface area contributed by atoms with Gasteiger partial charge in [-0.15, -0.1) is 0 Å². The van der Waals surface area contributed by atoms with Gasteiger partial charge in [-0.05, 0) is 24.0 Å². The summed E-state index contributed by atoms with van der Waals surface area (Å²) in [5.41, 5.74) is 1.41. The average Bonchev–Trinajstić information content (AvgIpc) is 2.80. The topological polar surface area (TPSA) is 65.1 Å². The highest BCUT2D eigenvalue weighted by atomic mass is 16.3. The molecule has 0 aliphatic rings. The number of carbonyl (C=O) groups excluding carboxylic acids is 1. The lowest BCUT2D eigenvalue weighted by atomic mass is 9.85. The van der Waals surface area contributed by atoms with Gasteiger partial charge in [-0.2, -0.15) is 0 Å². The van der Waals surface area contributed by atoms with Crippen molar-refractivity contribution in [2.75, 3.05) is 6.61 Å². The summed E-state index contributed by atoms with van der Waals surface area (Å²) in [6, 6.07) is 9.58. The maximum absolute atomic E-state index is 12.3. The van der Waals surface area contributed by atoms with Gasteiger partial charge in [0.2, 0.25) is 0 Å². The molecule has 4 nitrogen and oxygen atoms in total. The van der Waals surface area contributed by atoms with Gasteiger partial charge in [0.1, 0.15) is 5.69 Å². The largest absolute Gasteiger partial charge is 0.396 e. The summed E-state index contributed by atoms with van der Waals surface area (Å²) >= 11 is 0. The molecule has 3 N–H and O–H groups in total. The van der Waals surface area contributed by atoms with Gasteiger partial charge >= 0.3 is 0 Å². The Labute approximate surface area is 119 Å². The molecule has 0 spiro atoms.